The van der Waals surface area contributed by atoms with Crippen molar-refractivity contribution in [3.63, 3.8) is 0 Å². The van der Waals surface area contributed by atoms with Gasteiger partial charge in [0.15, 0.2) is 6.10 Å². The molecule has 6 heteroatoms. The minimum Gasteiger partial charge on any atom is -0.462 e. The summed E-state index contributed by atoms with van der Waals surface area (Å²) in [7, 11) is 0. The van der Waals surface area contributed by atoms with Crippen LogP contribution in [0, 0.1) is 0 Å². The van der Waals surface area contributed by atoms with E-state index in [1.807, 2.05) is 0 Å². The largest absolute Gasteiger partial charge is 0.462 e. The molecule has 0 N–H and O–H groups in total. The van der Waals surface area contributed by atoms with E-state index in [-0.39, 0.29) is 31.1 Å². The van der Waals surface area contributed by atoms with E-state index in [2.05, 4.69) is 154 Å². The molecule has 71 heavy (non-hydrogen) atoms. The van der Waals surface area contributed by atoms with Crippen LogP contribution in [0.1, 0.15) is 239 Å². The van der Waals surface area contributed by atoms with E-state index in [0.717, 1.165) is 161 Å². The standard InChI is InChI=1S/C65H104O6/c1-4-7-10-13-16-19-22-25-27-29-31-32-34-35-37-40-43-46-49-52-55-58-64(67)70-61-62(60-69-63(66)57-54-51-48-45-42-39-24-21-18-15-12-9-6-3)71-65(68)59-56-53-50-47-44-41-38-36-33-30-28-26-23-20-17-14-11-8-5-2/h7,9-10,12,16-21,25-28,31-33,35-37,39,42,62H,4-6,8,11,13-15,22-24,29-30,34,38,40-41,43-61H2,1-3H3/b10-7-,12-9-,19-16-,20-17-,21-18-,27-25-,28-26-,32-31-,36-33-,37-35-,42-39-. The van der Waals surface area contributed by atoms with Crippen molar-refractivity contribution in [2.24, 2.45) is 0 Å². The second-order valence-electron chi connectivity index (χ2n) is 18.4. The molecule has 0 rings (SSSR count). The quantitative estimate of drug-likeness (QED) is 0.0262. The van der Waals surface area contributed by atoms with E-state index in [0.29, 0.717) is 19.3 Å². The molecule has 0 fully saturated rings. The highest BCUT2D eigenvalue weighted by molar-refractivity contribution is 5.71. The number of allylic oxidation sites excluding steroid dienone is 22. The number of esters is 3. The number of hydrogen-bond donors (Lipinski definition) is 0. The molecule has 0 aromatic rings. The van der Waals surface area contributed by atoms with E-state index in [1.54, 1.807) is 0 Å². The lowest BCUT2D eigenvalue weighted by Crippen LogP contribution is -2.30. The fraction of sp³-hybridized carbons (Fsp3) is 0.615. The van der Waals surface area contributed by atoms with Gasteiger partial charge in [-0.15, -0.1) is 0 Å². The van der Waals surface area contributed by atoms with Gasteiger partial charge in [-0.2, -0.15) is 0 Å². The topological polar surface area (TPSA) is 78.9 Å². The predicted octanol–water partition coefficient (Wildman–Crippen LogP) is 19.4. The summed E-state index contributed by atoms with van der Waals surface area (Å²) >= 11 is 0. The van der Waals surface area contributed by atoms with Crippen LogP contribution in [0.3, 0.4) is 0 Å². The summed E-state index contributed by atoms with van der Waals surface area (Å²) in [6.45, 7) is 6.32. The number of ether oxygens (including phenoxy) is 3. The molecular weight excluding hydrogens is 877 g/mol. The zero-order valence-corrected chi connectivity index (χ0v) is 45.7. The van der Waals surface area contributed by atoms with Gasteiger partial charge >= 0.3 is 17.9 Å². The van der Waals surface area contributed by atoms with Crippen molar-refractivity contribution in [3.05, 3.63) is 134 Å². The van der Waals surface area contributed by atoms with Crippen LogP contribution in [0.4, 0.5) is 0 Å². The molecule has 1 unspecified atom stereocenters. The second-order valence-corrected chi connectivity index (χ2v) is 18.4. The number of hydrogen-bond acceptors (Lipinski definition) is 6. The molecule has 0 bridgehead atoms. The Morgan fingerprint density at radius 1 is 0.296 bits per heavy atom. The number of carbonyl (C=O) groups is 3. The third-order valence-corrected chi connectivity index (χ3v) is 11.6. The zero-order valence-electron chi connectivity index (χ0n) is 45.7. The Balaban J connectivity index is 4.49. The Bertz CT molecular complexity index is 1550. The Morgan fingerprint density at radius 2 is 0.549 bits per heavy atom. The molecule has 0 aromatic carbocycles. The van der Waals surface area contributed by atoms with Gasteiger partial charge in [-0.3, -0.25) is 14.4 Å². The molecule has 0 aliphatic rings. The highest BCUT2D eigenvalue weighted by Crippen LogP contribution is 2.13. The lowest BCUT2D eigenvalue weighted by Gasteiger charge is -2.18. The van der Waals surface area contributed by atoms with Crippen LogP contribution >= 0.6 is 0 Å². The van der Waals surface area contributed by atoms with Crippen molar-refractivity contribution >= 4 is 17.9 Å². The molecular formula is C65H104O6. The Hall–Kier alpha value is -4.45. The third-order valence-electron chi connectivity index (χ3n) is 11.6. The molecule has 0 aliphatic carbocycles. The van der Waals surface area contributed by atoms with Gasteiger partial charge in [-0.05, 0) is 135 Å². The minimum atomic E-state index is -0.811. The van der Waals surface area contributed by atoms with Crippen molar-refractivity contribution in [2.75, 3.05) is 13.2 Å². The number of rotatable bonds is 50. The number of unbranched alkanes of at least 4 members (excludes halogenated alkanes) is 17. The Morgan fingerprint density at radius 3 is 0.873 bits per heavy atom. The average Bonchev–Trinajstić information content (AvgIpc) is 3.37. The molecule has 0 aromatic heterocycles. The maximum atomic E-state index is 12.9. The van der Waals surface area contributed by atoms with Crippen LogP contribution in [-0.4, -0.2) is 37.2 Å². The first-order valence-corrected chi connectivity index (χ1v) is 28.7. The summed E-state index contributed by atoms with van der Waals surface area (Å²) in [5, 5.41) is 0. The van der Waals surface area contributed by atoms with Gasteiger partial charge in [0.25, 0.3) is 0 Å². The maximum Gasteiger partial charge on any atom is 0.306 e. The van der Waals surface area contributed by atoms with Gasteiger partial charge < -0.3 is 14.2 Å². The van der Waals surface area contributed by atoms with Gasteiger partial charge in [0, 0.05) is 19.3 Å². The highest BCUT2D eigenvalue weighted by atomic mass is 16.6. The molecule has 0 amide bonds. The maximum absolute atomic E-state index is 12.9. The molecule has 6 nitrogen and oxygen atoms in total. The van der Waals surface area contributed by atoms with Crippen LogP contribution in [0.25, 0.3) is 0 Å². The fourth-order valence-electron chi connectivity index (χ4n) is 7.37. The van der Waals surface area contributed by atoms with Gasteiger partial charge in [-0.1, -0.05) is 219 Å². The van der Waals surface area contributed by atoms with Crippen LogP contribution in [0.2, 0.25) is 0 Å². The molecule has 0 spiro atoms. The van der Waals surface area contributed by atoms with Crippen LogP contribution in [0.15, 0.2) is 134 Å². The van der Waals surface area contributed by atoms with Gasteiger partial charge in [-0.25, -0.2) is 0 Å². The minimum absolute atomic E-state index is 0.108. The van der Waals surface area contributed by atoms with Gasteiger partial charge in [0.2, 0.25) is 0 Å². The Kier molecular flexibility index (Phi) is 54.5. The van der Waals surface area contributed by atoms with E-state index >= 15 is 0 Å². The number of carbonyl (C=O) groups excluding carboxylic acids is 3. The van der Waals surface area contributed by atoms with Crippen molar-refractivity contribution in [1.29, 1.82) is 0 Å². The lowest BCUT2D eigenvalue weighted by molar-refractivity contribution is -0.167. The summed E-state index contributed by atoms with van der Waals surface area (Å²) < 4.78 is 16.8. The molecule has 0 saturated carbocycles. The van der Waals surface area contributed by atoms with Gasteiger partial charge in [0.05, 0.1) is 0 Å². The molecule has 0 saturated heterocycles. The first-order valence-electron chi connectivity index (χ1n) is 28.7. The molecule has 0 heterocycles. The van der Waals surface area contributed by atoms with Gasteiger partial charge in [0.1, 0.15) is 13.2 Å². The first-order chi connectivity index (χ1) is 35.0. The molecule has 0 aliphatic heterocycles. The van der Waals surface area contributed by atoms with Crippen molar-refractivity contribution < 1.29 is 28.6 Å². The average molecular weight is 982 g/mol. The fourth-order valence-corrected chi connectivity index (χ4v) is 7.37. The summed E-state index contributed by atoms with van der Waals surface area (Å²) in [6.07, 6.45) is 81.5. The normalized spacial score (nSPS) is 13.1. The third kappa shape index (κ3) is 56.3. The summed E-state index contributed by atoms with van der Waals surface area (Å²) in [5.41, 5.74) is 0. The summed E-state index contributed by atoms with van der Waals surface area (Å²) in [4.78, 5) is 38.2. The van der Waals surface area contributed by atoms with E-state index in [4.69, 9.17) is 14.2 Å². The van der Waals surface area contributed by atoms with Crippen molar-refractivity contribution in [2.45, 2.75) is 245 Å². The zero-order chi connectivity index (χ0) is 51.4. The molecule has 0 radical (unpaired) electrons. The molecule has 1 atom stereocenters. The monoisotopic (exact) mass is 981 g/mol. The highest BCUT2D eigenvalue weighted by Gasteiger charge is 2.19. The van der Waals surface area contributed by atoms with Crippen molar-refractivity contribution in [3.8, 4) is 0 Å². The van der Waals surface area contributed by atoms with E-state index < -0.39 is 6.10 Å². The van der Waals surface area contributed by atoms with Crippen molar-refractivity contribution in [1.82, 2.24) is 0 Å². The Labute approximate surface area is 436 Å². The SMILES string of the molecule is CC/C=C\C/C=C\C/C=C\C/C=C\C/C=C\CCCCCCCC(=O)OCC(COC(=O)CCCCC/C=C\C/C=C\C/C=C\CC)OC(=O)CCCCCCCC/C=C\C/C=C\C/C=C\CCCCC. The predicted molar refractivity (Wildman–Crippen MR) is 306 cm³/mol. The first kappa shape index (κ1) is 66.6. The van der Waals surface area contributed by atoms with E-state index in [1.165, 1.54) is 38.5 Å². The van der Waals surface area contributed by atoms with Crippen LogP contribution in [0.5, 0.6) is 0 Å². The molecule has 400 valence electrons. The summed E-state index contributed by atoms with van der Waals surface area (Å²) in [6, 6.07) is 0. The second kappa shape index (κ2) is 58.1. The van der Waals surface area contributed by atoms with E-state index in [9.17, 15) is 14.4 Å². The lowest BCUT2D eigenvalue weighted by atomic mass is 10.1. The smallest absolute Gasteiger partial charge is 0.306 e. The van der Waals surface area contributed by atoms with Crippen LogP contribution < -0.4 is 0 Å². The summed E-state index contributed by atoms with van der Waals surface area (Å²) in [5.74, 6) is -0.972. The van der Waals surface area contributed by atoms with Crippen LogP contribution in [-0.2, 0) is 28.6 Å².